The van der Waals surface area contributed by atoms with Gasteiger partial charge in [0.2, 0.25) is 5.91 Å². The Morgan fingerprint density at radius 2 is 1.78 bits per heavy atom. The predicted octanol–water partition coefficient (Wildman–Crippen LogP) is 2.64. The first-order valence-electron chi connectivity index (χ1n) is 10.2. The van der Waals surface area contributed by atoms with Crippen molar-refractivity contribution >= 4 is 29.2 Å². The molecule has 0 bridgehead atoms. The van der Waals surface area contributed by atoms with E-state index in [0.717, 1.165) is 0 Å². The molecule has 2 amide bonds. The van der Waals surface area contributed by atoms with Crippen LogP contribution in [-0.4, -0.2) is 51.8 Å². The minimum Gasteiger partial charge on any atom is -0.497 e. The molecular weight excluding hydrogens is 416 g/mol. The topological polar surface area (TPSA) is 103 Å². The van der Waals surface area contributed by atoms with E-state index in [0.29, 0.717) is 35.2 Å². The van der Waals surface area contributed by atoms with Crippen LogP contribution in [0, 0.1) is 5.92 Å². The largest absolute Gasteiger partial charge is 0.497 e. The van der Waals surface area contributed by atoms with Gasteiger partial charge in [-0.1, -0.05) is 0 Å². The summed E-state index contributed by atoms with van der Waals surface area (Å²) in [5, 5.41) is 2.63. The summed E-state index contributed by atoms with van der Waals surface area (Å²) in [5.41, 5.74) is 1.10. The molecule has 0 aromatic heterocycles. The van der Waals surface area contributed by atoms with Gasteiger partial charge in [-0.05, 0) is 43.3 Å². The standard InChI is InChI=1S/C23H26N2O7/c1-4-31-17-7-5-16(6-8-17)25-13-15(11-22(25)27)23(28)32-14-21(26)24-19-10-9-18(29-2)12-20(19)30-3/h5-10,12,15H,4,11,13-14H2,1-3H3,(H,24,26)/t15-/m1/s1. The van der Waals surface area contributed by atoms with Crippen molar-refractivity contribution in [3.05, 3.63) is 42.5 Å². The zero-order chi connectivity index (χ0) is 23.1. The number of ether oxygens (including phenoxy) is 4. The van der Waals surface area contributed by atoms with Crippen LogP contribution in [0.4, 0.5) is 11.4 Å². The first kappa shape index (κ1) is 22.9. The highest BCUT2D eigenvalue weighted by Crippen LogP contribution is 2.29. The molecule has 0 unspecified atom stereocenters. The molecule has 0 saturated carbocycles. The minimum absolute atomic E-state index is 0.0277. The highest BCUT2D eigenvalue weighted by Gasteiger charge is 2.36. The number of hydrogen-bond donors (Lipinski definition) is 1. The Balaban J connectivity index is 1.53. The van der Waals surface area contributed by atoms with Crippen LogP contribution in [0.1, 0.15) is 13.3 Å². The number of carbonyl (C=O) groups excluding carboxylic acids is 3. The smallest absolute Gasteiger partial charge is 0.311 e. The molecule has 170 valence electrons. The molecule has 0 spiro atoms. The lowest BCUT2D eigenvalue weighted by molar-refractivity contribution is -0.151. The van der Waals surface area contributed by atoms with E-state index in [2.05, 4.69) is 5.32 Å². The van der Waals surface area contributed by atoms with Gasteiger partial charge in [-0.3, -0.25) is 14.4 Å². The van der Waals surface area contributed by atoms with Crippen LogP contribution in [0.5, 0.6) is 17.2 Å². The first-order valence-corrected chi connectivity index (χ1v) is 10.2. The average Bonchev–Trinajstić information content (AvgIpc) is 3.20. The summed E-state index contributed by atoms with van der Waals surface area (Å²) in [5.74, 6) is -0.233. The minimum atomic E-state index is -0.641. The summed E-state index contributed by atoms with van der Waals surface area (Å²) in [7, 11) is 2.99. The van der Waals surface area contributed by atoms with Crippen LogP contribution >= 0.6 is 0 Å². The summed E-state index contributed by atoms with van der Waals surface area (Å²) in [6, 6.07) is 12.0. The third-order valence-corrected chi connectivity index (χ3v) is 4.95. The van der Waals surface area contributed by atoms with E-state index in [9.17, 15) is 14.4 Å². The number of methoxy groups -OCH3 is 2. The molecular formula is C23H26N2O7. The number of rotatable bonds is 9. The summed E-state index contributed by atoms with van der Waals surface area (Å²) >= 11 is 0. The maximum atomic E-state index is 12.4. The van der Waals surface area contributed by atoms with Crippen LogP contribution in [0.3, 0.4) is 0 Å². The van der Waals surface area contributed by atoms with Gasteiger partial charge in [0.25, 0.3) is 5.91 Å². The number of amides is 2. The van der Waals surface area contributed by atoms with Gasteiger partial charge < -0.3 is 29.2 Å². The molecule has 1 atom stereocenters. The van der Waals surface area contributed by atoms with Crippen molar-refractivity contribution in [1.82, 2.24) is 0 Å². The fourth-order valence-electron chi connectivity index (χ4n) is 3.35. The molecule has 2 aromatic carbocycles. The first-order chi connectivity index (χ1) is 15.4. The van der Waals surface area contributed by atoms with Gasteiger partial charge in [0.15, 0.2) is 6.61 Å². The van der Waals surface area contributed by atoms with Crippen molar-refractivity contribution in [3.8, 4) is 17.2 Å². The second kappa shape index (κ2) is 10.5. The number of benzene rings is 2. The molecule has 0 aliphatic carbocycles. The molecule has 2 aromatic rings. The number of anilines is 2. The normalized spacial score (nSPS) is 15.3. The van der Waals surface area contributed by atoms with Crippen LogP contribution < -0.4 is 24.4 Å². The van der Waals surface area contributed by atoms with E-state index in [-0.39, 0.29) is 18.9 Å². The Hall–Kier alpha value is -3.75. The fourth-order valence-corrected chi connectivity index (χ4v) is 3.35. The number of nitrogens with zero attached hydrogens (tertiary/aromatic N) is 1. The molecule has 1 fully saturated rings. The fraction of sp³-hybridized carbons (Fsp3) is 0.348. The highest BCUT2D eigenvalue weighted by molar-refractivity contribution is 6.00. The molecule has 3 rings (SSSR count). The van der Waals surface area contributed by atoms with Crippen LogP contribution in [0.15, 0.2) is 42.5 Å². The molecule has 1 N–H and O–H groups in total. The Morgan fingerprint density at radius 1 is 1.06 bits per heavy atom. The maximum absolute atomic E-state index is 12.4. The Kier molecular flexibility index (Phi) is 7.54. The molecule has 9 nitrogen and oxygen atoms in total. The molecule has 0 radical (unpaired) electrons. The summed E-state index contributed by atoms with van der Waals surface area (Å²) in [6.07, 6.45) is 0.0277. The van der Waals surface area contributed by atoms with Gasteiger partial charge in [0.1, 0.15) is 17.2 Å². The van der Waals surface area contributed by atoms with E-state index in [1.54, 1.807) is 42.5 Å². The maximum Gasteiger partial charge on any atom is 0.311 e. The second-order valence-electron chi connectivity index (χ2n) is 7.05. The summed E-state index contributed by atoms with van der Waals surface area (Å²) in [6.45, 7) is 2.16. The molecule has 1 aliphatic rings. The van der Waals surface area contributed by atoms with Crippen molar-refractivity contribution in [2.24, 2.45) is 5.92 Å². The van der Waals surface area contributed by atoms with Crippen molar-refractivity contribution in [1.29, 1.82) is 0 Å². The Morgan fingerprint density at radius 3 is 2.44 bits per heavy atom. The number of carbonyl (C=O) groups is 3. The predicted molar refractivity (Wildman–Crippen MR) is 117 cm³/mol. The van der Waals surface area contributed by atoms with Gasteiger partial charge in [0.05, 0.1) is 32.4 Å². The summed E-state index contributed by atoms with van der Waals surface area (Å²) in [4.78, 5) is 38.6. The lowest BCUT2D eigenvalue weighted by Crippen LogP contribution is -2.28. The quantitative estimate of drug-likeness (QED) is 0.596. The SMILES string of the molecule is CCOc1ccc(N2C[C@H](C(=O)OCC(=O)Nc3ccc(OC)cc3OC)CC2=O)cc1. The summed E-state index contributed by atoms with van der Waals surface area (Å²) < 4.78 is 20.9. The highest BCUT2D eigenvalue weighted by atomic mass is 16.5. The van der Waals surface area contributed by atoms with E-state index in [1.165, 1.54) is 19.1 Å². The zero-order valence-corrected chi connectivity index (χ0v) is 18.3. The van der Waals surface area contributed by atoms with Gasteiger partial charge >= 0.3 is 5.97 Å². The van der Waals surface area contributed by atoms with E-state index < -0.39 is 24.4 Å². The van der Waals surface area contributed by atoms with Crippen LogP contribution in [0.2, 0.25) is 0 Å². The Labute approximate surface area is 186 Å². The number of hydrogen-bond acceptors (Lipinski definition) is 7. The second-order valence-corrected chi connectivity index (χ2v) is 7.05. The van der Waals surface area contributed by atoms with Crippen molar-refractivity contribution in [2.45, 2.75) is 13.3 Å². The molecule has 1 saturated heterocycles. The van der Waals surface area contributed by atoms with Gasteiger partial charge in [-0.15, -0.1) is 0 Å². The third-order valence-electron chi connectivity index (χ3n) is 4.95. The van der Waals surface area contributed by atoms with Crippen molar-refractivity contribution < 1.29 is 33.3 Å². The van der Waals surface area contributed by atoms with Gasteiger partial charge in [-0.25, -0.2) is 0 Å². The average molecular weight is 442 g/mol. The number of nitrogens with one attached hydrogen (secondary N) is 1. The van der Waals surface area contributed by atoms with E-state index in [1.807, 2.05) is 6.92 Å². The lowest BCUT2D eigenvalue weighted by Gasteiger charge is -2.17. The van der Waals surface area contributed by atoms with Crippen molar-refractivity contribution in [2.75, 3.05) is 44.2 Å². The molecule has 1 heterocycles. The van der Waals surface area contributed by atoms with Crippen LogP contribution in [0.25, 0.3) is 0 Å². The van der Waals surface area contributed by atoms with E-state index >= 15 is 0 Å². The van der Waals surface area contributed by atoms with Gasteiger partial charge in [-0.2, -0.15) is 0 Å². The van der Waals surface area contributed by atoms with Crippen molar-refractivity contribution in [3.63, 3.8) is 0 Å². The molecule has 1 aliphatic heterocycles. The Bertz CT molecular complexity index is 975. The molecule has 9 heteroatoms. The van der Waals surface area contributed by atoms with Gasteiger partial charge in [0, 0.05) is 24.7 Å². The van der Waals surface area contributed by atoms with E-state index in [4.69, 9.17) is 18.9 Å². The molecule has 32 heavy (non-hydrogen) atoms. The lowest BCUT2D eigenvalue weighted by atomic mass is 10.1. The zero-order valence-electron chi connectivity index (χ0n) is 18.3. The number of esters is 1. The van der Waals surface area contributed by atoms with Crippen LogP contribution in [-0.2, 0) is 19.1 Å². The monoisotopic (exact) mass is 442 g/mol. The third kappa shape index (κ3) is 5.48.